The van der Waals surface area contributed by atoms with Crippen molar-refractivity contribution in [3.8, 4) is 5.75 Å². The quantitative estimate of drug-likeness (QED) is 0.593. The van der Waals surface area contributed by atoms with Gasteiger partial charge in [-0.25, -0.2) is 0 Å². The molecule has 0 spiro atoms. The summed E-state index contributed by atoms with van der Waals surface area (Å²) in [6, 6.07) is 7.41. The van der Waals surface area contributed by atoms with E-state index in [-0.39, 0.29) is 5.78 Å². The number of methoxy groups -OCH3 is 1. The van der Waals surface area contributed by atoms with Gasteiger partial charge in [0.25, 0.3) is 0 Å². The van der Waals surface area contributed by atoms with E-state index in [1.54, 1.807) is 7.11 Å². The van der Waals surface area contributed by atoms with Crippen LogP contribution in [-0.2, 0) is 0 Å². The lowest BCUT2D eigenvalue weighted by atomic mass is 9.91. The highest BCUT2D eigenvalue weighted by Crippen LogP contribution is 2.21. The number of hydrogen-bond donors (Lipinski definition) is 0. The van der Waals surface area contributed by atoms with Gasteiger partial charge in [-0.15, -0.1) is 0 Å². The summed E-state index contributed by atoms with van der Waals surface area (Å²) in [6.45, 7) is 4.43. The van der Waals surface area contributed by atoms with E-state index >= 15 is 0 Å². The Balaban J connectivity index is 2.48. The first kappa shape index (κ1) is 15.7. The number of ether oxygens (including phenoxy) is 1. The van der Waals surface area contributed by atoms with Crippen LogP contribution in [0.2, 0.25) is 0 Å². The molecule has 0 fully saturated rings. The molecule has 1 rings (SSSR count). The molecule has 0 unspecified atom stereocenters. The van der Waals surface area contributed by atoms with Gasteiger partial charge in [-0.3, -0.25) is 4.79 Å². The standard InChI is InChI=1S/C17H26O2/c1-4-6-14(7-5-2)8-13-17(18)15-9-11-16(19-3)12-10-15/h9-12,14H,4-8,13H2,1-3H3. The van der Waals surface area contributed by atoms with E-state index in [0.29, 0.717) is 12.3 Å². The summed E-state index contributed by atoms with van der Waals surface area (Å²) in [5, 5.41) is 0. The molecule has 0 aliphatic heterocycles. The fourth-order valence-electron chi connectivity index (χ4n) is 2.51. The molecule has 0 saturated carbocycles. The van der Waals surface area contributed by atoms with Crippen LogP contribution < -0.4 is 4.74 Å². The highest BCUT2D eigenvalue weighted by atomic mass is 16.5. The third kappa shape index (κ3) is 5.46. The Labute approximate surface area is 117 Å². The molecule has 106 valence electrons. The van der Waals surface area contributed by atoms with Crippen molar-refractivity contribution in [2.75, 3.05) is 7.11 Å². The molecule has 1 aromatic carbocycles. The van der Waals surface area contributed by atoms with Crippen LogP contribution in [-0.4, -0.2) is 12.9 Å². The van der Waals surface area contributed by atoms with Gasteiger partial charge < -0.3 is 4.74 Å². The Bertz CT molecular complexity index is 361. The van der Waals surface area contributed by atoms with Gasteiger partial charge >= 0.3 is 0 Å². The van der Waals surface area contributed by atoms with Crippen LogP contribution in [0.4, 0.5) is 0 Å². The minimum absolute atomic E-state index is 0.250. The van der Waals surface area contributed by atoms with E-state index in [4.69, 9.17) is 4.74 Å². The molecular formula is C17H26O2. The third-order valence-electron chi connectivity index (χ3n) is 3.59. The maximum absolute atomic E-state index is 12.1. The topological polar surface area (TPSA) is 26.3 Å². The Kier molecular flexibility index (Phi) is 7.24. The molecule has 2 nitrogen and oxygen atoms in total. The van der Waals surface area contributed by atoms with Crippen LogP contribution in [0.3, 0.4) is 0 Å². The lowest BCUT2D eigenvalue weighted by Crippen LogP contribution is -2.05. The van der Waals surface area contributed by atoms with Gasteiger partial charge in [-0.1, -0.05) is 39.5 Å². The number of carbonyl (C=O) groups excluding carboxylic acids is 1. The Hall–Kier alpha value is -1.31. The summed E-state index contributed by atoms with van der Waals surface area (Å²) in [6.07, 6.45) is 6.58. The molecule has 0 aliphatic rings. The fraction of sp³-hybridized carbons (Fsp3) is 0.588. The molecule has 0 amide bonds. The second kappa shape index (κ2) is 8.73. The minimum atomic E-state index is 0.250. The summed E-state index contributed by atoms with van der Waals surface area (Å²) in [5.41, 5.74) is 0.799. The molecule has 0 saturated heterocycles. The van der Waals surface area contributed by atoms with Crippen molar-refractivity contribution in [1.29, 1.82) is 0 Å². The lowest BCUT2D eigenvalue weighted by molar-refractivity contribution is 0.0972. The summed E-state index contributed by atoms with van der Waals surface area (Å²) < 4.78 is 5.10. The van der Waals surface area contributed by atoms with Gasteiger partial charge in [-0.05, 0) is 36.6 Å². The van der Waals surface area contributed by atoms with Gasteiger partial charge in [-0.2, -0.15) is 0 Å². The molecule has 2 heteroatoms. The van der Waals surface area contributed by atoms with Crippen molar-refractivity contribution in [3.05, 3.63) is 29.8 Å². The Morgan fingerprint density at radius 2 is 1.63 bits per heavy atom. The van der Waals surface area contributed by atoms with Gasteiger partial charge in [0.05, 0.1) is 7.11 Å². The number of rotatable bonds is 9. The van der Waals surface area contributed by atoms with Crippen molar-refractivity contribution in [2.45, 2.75) is 52.4 Å². The van der Waals surface area contributed by atoms with Gasteiger partial charge in [0.1, 0.15) is 5.75 Å². The smallest absolute Gasteiger partial charge is 0.162 e. The SMILES string of the molecule is CCCC(CCC)CCC(=O)c1ccc(OC)cc1. The van der Waals surface area contributed by atoms with Gasteiger partial charge in [0.2, 0.25) is 0 Å². The van der Waals surface area contributed by atoms with Crippen LogP contribution in [0.5, 0.6) is 5.75 Å². The predicted molar refractivity (Wildman–Crippen MR) is 79.9 cm³/mol. The van der Waals surface area contributed by atoms with Crippen LogP contribution in [0, 0.1) is 5.92 Å². The zero-order valence-electron chi connectivity index (χ0n) is 12.4. The highest BCUT2D eigenvalue weighted by molar-refractivity contribution is 5.96. The molecule has 0 aliphatic carbocycles. The average molecular weight is 262 g/mol. The first-order valence-corrected chi connectivity index (χ1v) is 7.38. The number of ketones is 1. The molecule has 0 heterocycles. The largest absolute Gasteiger partial charge is 0.497 e. The van der Waals surface area contributed by atoms with Crippen LogP contribution in [0.1, 0.15) is 62.7 Å². The second-order valence-corrected chi connectivity index (χ2v) is 5.13. The normalized spacial score (nSPS) is 10.7. The maximum atomic E-state index is 12.1. The van der Waals surface area contributed by atoms with Crippen molar-refractivity contribution < 1.29 is 9.53 Å². The van der Waals surface area contributed by atoms with Crippen molar-refractivity contribution in [1.82, 2.24) is 0 Å². The van der Waals surface area contributed by atoms with Crippen LogP contribution in [0.25, 0.3) is 0 Å². The van der Waals surface area contributed by atoms with Gasteiger partial charge in [0.15, 0.2) is 5.78 Å². The van der Waals surface area contributed by atoms with E-state index in [9.17, 15) is 4.79 Å². The number of hydrogen-bond acceptors (Lipinski definition) is 2. The first-order chi connectivity index (χ1) is 9.21. The lowest BCUT2D eigenvalue weighted by Gasteiger charge is -2.14. The second-order valence-electron chi connectivity index (χ2n) is 5.13. The summed E-state index contributed by atoms with van der Waals surface area (Å²) in [5.74, 6) is 1.75. The average Bonchev–Trinajstić information content (AvgIpc) is 2.45. The fourth-order valence-corrected chi connectivity index (χ4v) is 2.51. The maximum Gasteiger partial charge on any atom is 0.162 e. The number of benzene rings is 1. The number of carbonyl (C=O) groups is 1. The summed E-state index contributed by atoms with van der Waals surface area (Å²) in [7, 11) is 1.64. The number of Topliss-reactive ketones (excluding diaryl/α,β-unsaturated/α-hetero) is 1. The third-order valence-corrected chi connectivity index (χ3v) is 3.59. The molecule has 0 N–H and O–H groups in total. The first-order valence-electron chi connectivity index (χ1n) is 7.38. The van der Waals surface area contributed by atoms with E-state index in [1.807, 2.05) is 24.3 Å². The van der Waals surface area contributed by atoms with Crippen molar-refractivity contribution >= 4 is 5.78 Å². The van der Waals surface area contributed by atoms with Crippen molar-refractivity contribution in [2.24, 2.45) is 5.92 Å². The van der Waals surface area contributed by atoms with Gasteiger partial charge in [0, 0.05) is 12.0 Å². The van der Waals surface area contributed by atoms with E-state index in [2.05, 4.69) is 13.8 Å². The highest BCUT2D eigenvalue weighted by Gasteiger charge is 2.11. The molecule has 0 aromatic heterocycles. The zero-order valence-corrected chi connectivity index (χ0v) is 12.4. The Morgan fingerprint density at radius 1 is 1.05 bits per heavy atom. The Morgan fingerprint density at radius 3 is 2.11 bits per heavy atom. The molecule has 0 atom stereocenters. The molecule has 0 bridgehead atoms. The van der Waals surface area contributed by atoms with Crippen LogP contribution >= 0.6 is 0 Å². The van der Waals surface area contributed by atoms with Crippen molar-refractivity contribution in [3.63, 3.8) is 0 Å². The summed E-state index contributed by atoms with van der Waals surface area (Å²) >= 11 is 0. The predicted octanol–water partition coefficient (Wildman–Crippen LogP) is 4.87. The molecule has 1 aromatic rings. The molecular weight excluding hydrogens is 236 g/mol. The zero-order chi connectivity index (χ0) is 14.1. The summed E-state index contributed by atoms with van der Waals surface area (Å²) in [4.78, 5) is 12.1. The van der Waals surface area contributed by atoms with E-state index in [0.717, 1.165) is 17.7 Å². The molecule has 19 heavy (non-hydrogen) atoms. The monoisotopic (exact) mass is 262 g/mol. The molecule has 0 radical (unpaired) electrons. The minimum Gasteiger partial charge on any atom is -0.497 e. The van der Waals surface area contributed by atoms with Crippen LogP contribution in [0.15, 0.2) is 24.3 Å². The van der Waals surface area contributed by atoms with E-state index in [1.165, 1.54) is 25.7 Å². The van der Waals surface area contributed by atoms with E-state index < -0.39 is 0 Å².